The molecule has 0 fully saturated rings. The number of rotatable bonds is 0. The zero-order valence-electron chi connectivity index (χ0n) is 5.95. The molecule has 0 nitrogen and oxygen atoms in total. The first kappa shape index (κ1) is 7.45. The van der Waals surface area contributed by atoms with Gasteiger partial charge in [0, 0.05) is 12.8 Å². The number of allylic oxidation sites excluding steroid dienone is 4. The summed E-state index contributed by atoms with van der Waals surface area (Å²) in [7, 11) is 0. The van der Waals surface area contributed by atoms with Gasteiger partial charge in [-0.3, -0.25) is 0 Å². The minimum absolute atomic E-state index is 0.137. The van der Waals surface area contributed by atoms with Crippen LogP contribution >= 0.6 is 0 Å². The third-order valence-corrected chi connectivity index (χ3v) is 1.70. The first-order chi connectivity index (χ1) is 4.70. The molecule has 1 aliphatic carbocycles. The van der Waals surface area contributed by atoms with Crippen molar-refractivity contribution in [1.29, 1.82) is 0 Å². The fraction of sp³-hybridized carbons (Fsp3) is 0.500. The van der Waals surface area contributed by atoms with E-state index in [4.69, 9.17) is 0 Å². The fourth-order valence-corrected chi connectivity index (χ4v) is 0.919. The number of halogens is 2. The van der Waals surface area contributed by atoms with E-state index in [9.17, 15) is 8.78 Å². The van der Waals surface area contributed by atoms with Gasteiger partial charge >= 0.3 is 0 Å². The second-order valence-electron chi connectivity index (χ2n) is 2.54. The molecule has 0 amide bonds. The molecular weight excluding hydrogens is 134 g/mol. The molecule has 0 heterocycles. The first-order valence-corrected chi connectivity index (χ1v) is 3.39. The average molecular weight is 144 g/mol. The minimum Gasteiger partial charge on any atom is -0.212 e. The van der Waals surface area contributed by atoms with Crippen LogP contribution in [0.4, 0.5) is 8.78 Å². The molecule has 0 aromatic rings. The Kier molecular flexibility index (Phi) is 2.20. The zero-order chi connectivity index (χ0) is 7.56. The van der Waals surface area contributed by atoms with Gasteiger partial charge in [-0.15, -0.1) is 0 Å². The van der Waals surface area contributed by atoms with Crippen molar-refractivity contribution in [1.82, 2.24) is 0 Å². The Morgan fingerprint density at radius 2 is 2.00 bits per heavy atom. The van der Waals surface area contributed by atoms with E-state index in [1.54, 1.807) is 6.92 Å². The van der Waals surface area contributed by atoms with E-state index in [1.165, 1.54) is 6.08 Å². The van der Waals surface area contributed by atoms with Gasteiger partial charge < -0.3 is 0 Å². The molecule has 0 atom stereocenters. The van der Waals surface area contributed by atoms with Gasteiger partial charge in [0.2, 0.25) is 0 Å². The van der Waals surface area contributed by atoms with Crippen molar-refractivity contribution in [2.45, 2.75) is 26.2 Å². The van der Waals surface area contributed by atoms with Crippen LogP contribution in [0.2, 0.25) is 0 Å². The summed E-state index contributed by atoms with van der Waals surface area (Å²) >= 11 is 0. The Morgan fingerprint density at radius 1 is 1.30 bits per heavy atom. The highest BCUT2D eigenvalue weighted by atomic mass is 19.1. The molecule has 0 aromatic heterocycles. The predicted octanol–water partition coefficient (Wildman–Crippen LogP) is 3.27. The SMILES string of the molecule is CC1=C(F)CC=C(F)CC1. The van der Waals surface area contributed by atoms with E-state index in [0.29, 0.717) is 18.4 Å². The average Bonchev–Trinajstić information content (AvgIpc) is 2.04. The summed E-state index contributed by atoms with van der Waals surface area (Å²) in [5, 5.41) is 0. The normalized spacial score (nSPS) is 20.5. The Balaban J connectivity index is 2.70. The van der Waals surface area contributed by atoms with Gasteiger partial charge in [-0.1, -0.05) is 0 Å². The molecule has 0 saturated carbocycles. The summed E-state index contributed by atoms with van der Waals surface area (Å²) in [5.41, 5.74) is 0.684. The van der Waals surface area contributed by atoms with E-state index in [0.717, 1.165) is 0 Å². The third kappa shape index (κ3) is 1.66. The van der Waals surface area contributed by atoms with Crippen LogP contribution in [0.25, 0.3) is 0 Å². The van der Waals surface area contributed by atoms with E-state index in [-0.39, 0.29) is 18.1 Å². The lowest BCUT2D eigenvalue weighted by Gasteiger charge is -1.95. The summed E-state index contributed by atoms with van der Waals surface area (Å²) in [4.78, 5) is 0. The molecule has 0 aliphatic heterocycles. The summed E-state index contributed by atoms with van der Waals surface area (Å²) < 4.78 is 25.1. The van der Waals surface area contributed by atoms with E-state index in [2.05, 4.69) is 0 Å². The first-order valence-electron chi connectivity index (χ1n) is 3.39. The lowest BCUT2D eigenvalue weighted by molar-refractivity contribution is 0.587. The quantitative estimate of drug-likeness (QED) is 0.489. The molecule has 0 N–H and O–H groups in total. The van der Waals surface area contributed by atoms with Gasteiger partial charge in [0.05, 0.1) is 5.83 Å². The molecule has 0 aromatic carbocycles. The fourth-order valence-electron chi connectivity index (χ4n) is 0.919. The monoisotopic (exact) mass is 144 g/mol. The smallest absolute Gasteiger partial charge is 0.103 e. The van der Waals surface area contributed by atoms with Crippen LogP contribution in [0.15, 0.2) is 23.3 Å². The summed E-state index contributed by atoms with van der Waals surface area (Å²) in [6, 6.07) is 0. The zero-order valence-corrected chi connectivity index (χ0v) is 5.95. The van der Waals surface area contributed by atoms with Crippen LogP contribution in [0.1, 0.15) is 26.2 Å². The summed E-state index contributed by atoms with van der Waals surface area (Å²) in [6.07, 6.45) is 2.33. The molecular formula is C8H10F2. The molecule has 0 unspecified atom stereocenters. The van der Waals surface area contributed by atoms with Crippen molar-refractivity contribution < 1.29 is 8.78 Å². The molecule has 1 rings (SSSR count). The molecule has 0 radical (unpaired) electrons. The molecule has 0 bridgehead atoms. The van der Waals surface area contributed by atoms with Crippen molar-refractivity contribution in [2.75, 3.05) is 0 Å². The van der Waals surface area contributed by atoms with Gasteiger partial charge in [0.15, 0.2) is 0 Å². The highest BCUT2D eigenvalue weighted by molar-refractivity contribution is 5.15. The lowest BCUT2D eigenvalue weighted by atomic mass is 10.1. The van der Waals surface area contributed by atoms with E-state index >= 15 is 0 Å². The molecule has 0 saturated heterocycles. The van der Waals surface area contributed by atoms with Gasteiger partial charge in [0.25, 0.3) is 0 Å². The van der Waals surface area contributed by atoms with E-state index in [1.807, 2.05) is 0 Å². The summed E-state index contributed by atoms with van der Waals surface area (Å²) in [5.74, 6) is -0.361. The second kappa shape index (κ2) is 2.95. The van der Waals surface area contributed by atoms with Crippen LogP contribution in [-0.2, 0) is 0 Å². The van der Waals surface area contributed by atoms with Gasteiger partial charge in [0.1, 0.15) is 5.83 Å². The Labute approximate surface area is 59.2 Å². The predicted molar refractivity (Wildman–Crippen MR) is 36.9 cm³/mol. The highest BCUT2D eigenvalue weighted by Crippen LogP contribution is 2.23. The van der Waals surface area contributed by atoms with Crippen LogP contribution in [0.3, 0.4) is 0 Å². The van der Waals surface area contributed by atoms with Crippen molar-refractivity contribution in [3.8, 4) is 0 Å². The maximum atomic E-state index is 12.7. The van der Waals surface area contributed by atoms with Crippen molar-refractivity contribution in [3.05, 3.63) is 23.3 Å². The Bertz CT molecular complexity index is 189. The van der Waals surface area contributed by atoms with Gasteiger partial charge in [-0.25, -0.2) is 8.78 Å². The number of hydrogen-bond acceptors (Lipinski definition) is 0. The molecule has 1 aliphatic rings. The Hall–Kier alpha value is -0.660. The van der Waals surface area contributed by atoms with Crippen molar-refractivity contribution in [3.63, 3.8) is 0 Å². The van der Waals surface area contributed by atoms with Crippen LogP contribution in [-0.4, -0.2) is 0 Å². The number of hydrogen-bond donors (Lipinski definition) is 0. The van der Waals surface area contributed by atoms with Gasteiger partial charge in [-0.05, 0) is 25.0 Å². The second-order valence-corrected chi connectivity index (χ2v) is 2.54. The maximum Gasteiger partial charge on any atom is 0.103 e. The molecule has 10 heavy (non-hydrogen) atoms. The lowest BCUT2D eigenvalue weighted by Crippen LogP contribution is -1.78. The standard InChI is InChI=1S/C8H10F2/c1-6-2-3-7(9)4-5-8(6)10/h4H,2-3,5H2,1H3. The maximum absolute atomic E-state index is 12.7. The van der Waals surface area contributed by atoms with Gasteiger partial charge in [-0.2, -0.15) is 0 Å². The molecule has 56 valence electrons. The third-order valence-electron chi connectivity index (χ3n) is 1.70. The van der Waals surface area contributed by atoms with Crippen LogP contribution in [0.5, 0.6) is 0 Å². The topological polar surface area (TPSA) is 0 Å². The highest BCUT2D eigenvalue weighted by Gasteiger charge is 2.07. The van der Waals surface area contributed by atoms with Crippen LogP contribution in [0, 0.1) is 0 Å². The molecule has 0 spiro atoms. The van der Waals surface area contributed by atoms with E-state index < -0.39 is 0 Å². The minimum atomic E-state index is -0.188. The Morgan fingerprint density at radius 3 is 2.70 bits per heavy atom. The van der Waals surface area contributed by atoms with Crippen molar-refractivity contribution >= 4 is 0 Å². The van der Waals surface area contributed by atoms with Crippen LogP contribution < -0.4 is 0 Å². The largest absolute Gasteiger partial charge is 0.212 e. The van der Waals surface area contributed by atoms with Crippen molar-refractivity contribution in [2.24, 2.45) is 0 Å². The summed E-state index contributed by atoms with van der Waals surface area (Å²) in [6.45, 7) is 1.71. The molecule has 2 heteroatoms.